The summed E-state index contributed by atoms with van der Waals surface area (Å²) >= 11 is 0. The van der Waals surface area contributed by atoms with E-state index in [0.717, 1.165) is 89.9 Å². The topological polar surface area (TPSA) is 214 Å². The molecule has 11 unspecified atom stereocenters. The Morgan fingerprint density at radius 1 is 0.453 bits per heavy atom. The largest absolute Gasteiger partial charge is 0.457 e. The van der Waals surface area contributed by atoms with Gasteiger partial charge in [-0.25, -0.2) is 0 Å². The van der Waals surface area contributed by atoms with Crippen molar-refractivity contribution in [2.24, 2.45) is 0 Å². The van der Waals surface area contributed by atoms with Gasteiger partial charge in [0.1, 0.15) is 54.9 Å². The molecule has 2 fully saturated rings. The fraction of sp³-hybridized carbons (Fsp3) is 0.820. The van der Waals surface area contributed by atoms with Crippen LogP contribution < -0.4 is 0 Å². The molecule has 0 aliphatic carbocycles. The van der Waals surface area contributed by atoms with E-state index in [-0.39, 0.29) is 25.6 Å². The smallest absolute Gasteiger partial charge is 0.306 e. The van der Waals surface area contributed by atoms with E-state index in [1.165, 1.54) is 103 Å². The van der Waals surface area contributed by atoms with E-state index in [1.54, 1.807) is 0 Å². The number of esters is 1. The molecule has 0 aromatic heterocycles. The lowest BCUT2D eigenvalue weighted by Gasteiger charge is -2.42. The molecule has 0 aromatic rings. The first kappa shape index (κ1) is 68.8. The minimum atomic E-state index is -1.71. The summed E-state index contributed by atoms with van der Waals surface area (Å²) in [6.45, 7) is 3.57. The van der Waals surface area contributed by atoms with Crippen LogP contribution in [0.15, 0.2) is 60.8 Å². The first-order valence-electron chi connectivity index (χ1n) is 29.9. The van der Waals surface area contributed by atoms with Crippen molar-refractivity contribution in [1.82, 2.24) is 0 Å². The summed E-state index contributed by atoms with van der Waals surface area (Å²) < 4.78 is 34.4. The summed E-state index contributed by atoms with van der Waals surface area (Å²) in [5.74, 6) is -0.380. The number of hydrogen-bond acceptors (Lipinski definition) is 14. The van der Waals surface area contributed by atoms with Crippen LogP contribution in [0.3, 0.4) is 0 Å². The predicted octanol–water partition coefficient (Wildman–Crippen LogP) is 10.9. The SMILES string of the molecule is CC/C=C\C/C=C\C/C=C\C/C=C\C/C=C\CCCCCCCCOCC(COC1OC(COC2OC(CO)C(O)C(O)C2O)C(O)C(O)C1O)OC(=O)CCCCCCCCCCCCCCCCCCCCC. The van der Waals surface area contributed by atoms with E-state index in [2.05, 4.69) is 74.6 Å². The number of allylic oxidation sites excluding steroid dienone is 10. The third-order valence-corrected chi connectivity index (χ3v) is 14.0. The van der Waals surface area contributed by atoms with Crippen LogP contribution in [0.2, 0.25) is 0 Å². The number of hydrogen-bond donors (Lipinski definition) is 7. The molecule has 2 rings (SSSR count). The number of carbonyl (C=O) groups is 1. The molecule has 0 radical (unpaired) electrons. The van der Waals surface area contributed by atoms with Crippen molar-refractivity contribution in [3.8, 4) is 0 Å². The molecule has 436 valence electrons. The van der Waals surface area contributed by atoms with E-state index in [1.807, 2.05) is 0 Å². The lowest BCUT2D eigenvalue weighted by molar-refractivity contribution is -0.332. The zero-order valence-corrected chi connectivity index (χ0v) is 46.8. The van der Waals surface area contributed by atoms with Gasteiger partial charge < -0.3 is 64.2 Å². The van der Waals surface area contributed by atoms with E-state index in [0.29, 0.717) is 13.0 Å². The maximum Gasteiger partial charge on any atom is 0.306 e. The molecule has 0 bridgehead atoms. The highest BCUT2D eigenvalue weighted by atomic mass is 16.7. The van der Waals surface area contributed by atoms with E-state index >= 15 is 0 Å². The standard InChI is InChI=1S/C61H108O14/c1-3-5-7-9-11-13-15-17-19-21-23-24-25-27-29-31-33-35-37-39-41-43-45-70-47-50(73-53(63)44-42-40-38-36-34-32-30-28-26-22-20-18-16-14-12-10-8-6-4-2)48-71-60-59(69)57(67)55(65)52(75-60)49-72-61-58(68)56(66)54(64)51(46-62)74-61/h5,7,11,13,17,19,23-24,27,29,50-52,54-62,64-69H,3-4,6,8-10,12,14-16,18,20-22,25-26,28,30-49H2,1-2H3/b7-5-,13-11-,19-17-,24-23-,29-27-. The lowest BCUT2D eigenvalue weighted by atomic mass is 9.98. The van der Waals surface area contributed by atoms with Crippen molar-refractivity contribution in [2.45, 2.75) is 287 Å². The number of unbranched alkanes of at least 4 members (excludes halogenated alkanes) is 24. The van der Waals surface area contributed by atoms with Gasteiger partial charge >= 0.3 is 5.97 Å². The van der Waals surface area contributed by atoms with Crippen molar-refractivity contribution in [1.29, 1.82) is 0 Å². The summed E-state index contributed by atoms with van der Waals surface area (Å²) in [5, 5.41) is 72.4. The van der Waals surface area contributed by atoms with Crippen LogP contribution in [0.4, 0.5) is 0 Å². The van der Waals surface area contributed by atoms with Gasteiger partial charge in [0.05, 0.1) is 26.4 Å². The van der Waals surface area contributed by atoms with Crippen LogP contribution in [0, 0.1) is 0 Å². The Kier molecular flexibility index (Phi) is 43.7. The van der Waals surface area contributed by atoms with Crippen molar-refractivity contribution < 1.29 is 69.0 Å². The highest BCUT2D eigenvalue weighted by Gasteiger charge is 2.47. The Hall–Kier alpha value is -2.31. The van der Waals surface area contributed by atoms with Gasteiger partial charge in [0.2, 0.25) is 0 Å². The second kappa shape index (κ2) is 47.7. The van der Waals surface area contributed by atoms with Gasteiger partial charge in [-0.1, -0.05) is 216 Å². The molecule has 14 nitrogen and oxygen atoms in total. The maximum atomic E-state index is 13.1. The molecular formula is C61H108O14. The lowest BCUT2D eigenvalue weighted by Crippen LogP contribution is -2.61. The normalized spacial score (nSPS) is 25.0. The average Bonchev–Trinajstić information content (AvgIpc) is 3.41. The Balaban J connectivity index is 1.71. The third-order valence-electron chi connectivity index (χ3n) is 14.0. The summed E-state index contributed by atoms with van der Waals surface area (Å²) in [5.41, 5.74) is 0. The van der Waals surface area contributed by atoms with Crippen LogP contribution in [-0.2, 0) is 33.2 Å². The molecule has 7 N–H and O–H groups in total. The minimum Gasteiger partial charge on any atom is -0.457 e. The number of aliphatic hydroxyl groups is 7. The van der Waals surface area contributed by atoms with Crippen LogP contribution in [-0.4, -0.2) is 142 Å². The Bertz CT molecular complexity index is 1470. The highest BCUT2D eigenvalue weighted by molar-refractivity contribution is 5.69. The predicted molar refractivity (Wildman–Crippen MR) is 298 cm³/mol. The minimum absolute atomic E-state index is 0.0514. The molecule has 14 heteroatoms. The zero-order chi connectivity index (χ0) is 54.4. The highest BCUT2D eigenvalue weighted by Crippen LogP contribution is 2.27. The fourth-order valence-electron chi connectivity index (χ4n) is 9.25. The van der Waals surface area contributed by atoms with Crippen molar-refractivity contribution in [3.05, 3.63) is 60.8 Å². The van der Waals surface area contributed by atoms with E-state index in [9.17, 15) is 40.5 Å². The zero-order valence-electron chi connectivity index (χ0n) is 46.8. The van der Waals surface area contributed by atoms with Gasteiger partial charge in [-0.2, -0.15) is 0 Å². The molecule has 2 saturated heterocycles. The maximum absolute atomic E-state index is 13.1. The third kappa shape index (κ3) is 34.3. The monoisotopic (exact) mass is 1060 g/mol. The van der Waals surface area contributed by atoms with Gasteiger partial charge in [0, 0.05) is 13.0 Å². The number of carbonyl (C=O) groups excluding carboxylic acids is 1. The van der Waals surface area contributed by atoms with Crippen LogP contribution >= 0.6 is 0 Å². The summed E-state index contributed by atoms with van der Waals surface area (Å²) in [4.78, 5) is 13.1. The fourth-order valence-corrected chi connectivity index (χ4v) is 9.25. The molecule has 75 heavy (non-hydrogen) atoms. The molecule has 2 heterocycles. The van der Waals surface area contributed by atoms with Crippen molar-refractivity contribution in [3.63, 3.8) is 0 Å². The van der Waals surface area contributed by atoms with E-state index < -0.39 is 80.7 Å². The van der Waals surface area contributed by atoms with Crippen LogP contribution in [0.1, 0.15) is 219 Å². The Morgan fingerprint density at radius 3 is 1.36 bits per heavy atom. The first-order valence-corrected chi connectivity index (χ1v) is 29.9. The Labute approximate surface area is 454 Å². The molecule has 0 aromatic carbocycles. The van der Waals surface area contributed by atoms with Gasteiger partial charge in [-0.15, -0.1) is 0 Å². The van der Waals surface area contributed by atoms with Crippen LogP contribution in [0.25, 0.3) is 0 Å². The molecule has 0 saturated carbocycles. The quantitative estimate of drug-likeness (QED) is 0.0172. The average molecular weight is 1070 g/mol. The van der Waals surface area contributed by atoms with Gasteiger partial charge in [-0.05, 0) is 57.8 Å². The molecule has 2 aliphatic heterocycles. The number of aliphatic hydroxyl groups excluding tert-OH is 7. The molecule has 0 spiro atoms. The van der Waals surface area contributed by atoms with Crippen LogP contribution in [0.5, 0.6) is 0 Å². The number of rotatable bonds is 48. The second-order valence-corrected chi connectivity index (χ2v) is 20.8. The van der Waals surface area contributed by atoms with Gasteiger partial charge in [0.15, 0.2) is 12.6 Å². The summed E-state index contributed by atoms with van der Waals surface area (Å²) in [7, 11) is 0. The van der Waals surface area contributed by atoms with Crippen molar-refractivity contribution >= 4 is 5.97 Å². The number of ether oxygens (including phenoxy) is 6. The molecule has 11 atom stereocenters. The molecular weight excluding hydrogens is 957 g/mol. The summed E-state index contributed by atoms with van der Waals surface area (Å²) in [6, 6.07) is 0. The Morgan fingerprint density at radius 2 is 0.867 bits per heavy atom. The van der Waals surface area contributed by atoms with Crippen molar-refractivity contribution in [2.75, 3.05) is 33.0 Å². The first-order chi connectivity index (χ1) is 36.6. The second-order valence-electron chi connectivity index (χ2n) is 20.8. The van der Waals surface area contributed by atoms with Gasteiger partial charge in [-0.3, -0.25) is 4.79 Å². The van der Waals surface area contributed by atoms with E-state index in [4.69, 9.17) is 28.4 Å². The van der Waals surface area contributed by atoms with Gasteiger partial charge in [0.25, 0.3) is 0 Å². The summed E-state index contributed by atoms with van der Waals surface area (Å²) in [6.07, 6.45) is 42.8. The molecule has 2 aliphatic rings. The molecule has 0 amide bonds.